The number of hydrogen-bond acceptors (Lipinski definition) is 5. The van der Waals surface area contributed by atoms with Gasteiger partial charge in [-0.1, -0.05) is 17.7 Å². The van der Waals surface area contributed by atoms with Gasteiger partial charge in [0.05, 0.1) is 6.33 Å². The summed E-state index contributed by atoms with van der Waals surface area (Å²) in [5.74, 6) is -1.85. The number of benzene rings is 1. The number of amides is 2. The van der Waals surface area contributed by atoms with E-state index in [2.05, 4.69) is 14.5 Å². The Bertz CT molecular complexity index is 1130. The normalized spacial score (nSPS) is 17.0. The van der Waals surface area contributed by atoms with E-state index in [1.54, 1.807) is 6.92 Å². The fourth-order valence-electron chi connectivity index (χ4n) is 5.21. The molecular formula is C28H37ClF3N5O4. The van der Waals surface area contributed by atoms with Crippen LogP contribution in [-0.4, -0.2) is 87.7 Å². The highest BCUT2D eigenvalue weighted by atomic mass is 35.5. The van der Waals surface area contributed by atoms with Gasteiger partial charge in [0.15, 0.2) is 0 Å². The van der Waals surface area contributed by atoms with Crippen LogP contribution >= 0.6 is 11.6 Å². The molecule has 0 unspecified atom stereocenters. The second-order valence-electron chi connectivity index (χ2n) is 10.5. The monoisotopic (exact) mass is 599 g/mol. The zero-order valence-corrected chi connectivity index (χ0v) is 23.9. The predicted molar refractivity (Wildman–Crippen MR) is 148 cm³/mol. The highest BCUT2D eigenvalue weighted by Gasteiger charge is 2.38. The molecule has 0 aliphatic carbocycles. The van der Waals surface area contributed by atoms with Crippen molar-refractivity contribution >= 4 is 35.1 Å². The highest BCUT2D eigenvalue weighted by molar-refractivity contribution is 6.30. The molecule has 9 nitrogen and oxygen atoms in total. The quantitative estimate of drug-likeness (QED) is 0.478. The first-order chi connectivity index (χ1) is 19.4. The molecule has 2 fully saturated rings. The lowest BCUT2D eigenvalue weighted by Gasteiger charge is -2.35. The van der Waals surface area contributed by atoms with Crippen LogP contribution in [0.15, 0.2) is 43.0 Å². The van der Waals surface area contributed by atoms with Gasteiger partial charge >= 0.3 is 12.1 Å². The van der Waals surface area contributed by atoms with E-state index >= 15 is 0 Å². The maximum atomic E-state index is 13.5. The van der Waals surface area contributed by atoms with Gasteiger partial charge in [-0.3, -0.25) is 9.59 Å². The van der Waals surface area contributed by atoms with Crippen LogP contribution in [0.5, 0.6) is 0 Å². The number of imidazole rings is 1. The summed E-state index contributed by atoms with van der Waals surface area (Å²) in [6.45, 7) is 7.84. The van der Waals surface area contributed by atoms with Gasteiger partial charge in [0.25, 0.3) is 0 Å². The summed E-state index contributed by atoms with van der Waals surface area (Å²) in [6, 6.07) is 7.59. The van der Waals surface area contributed by atoms with Gasteiger partial charge < -0.3 is 24.4 Å². The van der Waals surface area contributed by atoms with Crippen molar-refractivity contribution in [3.8, 4) is 0 Å². The maximum Gasteiger partial charge on any atom is 0.490 e. The van der Waals surface area contributed by atoms with Crippen molar-refractivity contribution in [3.63, 3.8) is 0 Å². The summed E-state index contributed by atoms with van der Waals surface area (Å²) in [4.78, 5) is 44.5. The summed E-state index contributed by atoms with van der Waals surface area (Å²) in [7, 11) is 0. The zero-order chi connectivity index (χ0) is 30.0. The average molecular weight is 600 g/mol. The minimum atomic E-state index is -5.08. The van der Waals surface area contributed by atoms with Gasteiger partial charge in [0.2, 0.25) is 11.8 Å². The van der Waals surface area contributed by atoms with Crippen LogP contribution in [0.1, 0.15) is 39.0 Å². The third-order valence-corrected chi connectivity index (χ3v) is 7.74. The third kappa shape index (κ3) is 10.3. The number of carbonyl (C=O) groups is 3. The first kappa shape index (κ1) is 32.4. The van der Waals surface area contributed by atoms with Gasteiger partial charge in [0, 0.05) is 62.1 Å². The van der Waals surface area contributed by atoms with E-state index in [0.29, 0.717) is 30.6 Å². The molecule has 0 atom stereocenters. The number of carbonyl (C=O) groups excluding carboxylic acids is 2. The van der Waals surface area contributed by atoms with Gasteiger partial charge in [-0.15, -0.1) is 0 Å². The number of piperidine rings is 2. The SMILES string of the molecule is CC(=O)N1CCC(C(=O)N(CCCN2CCC(Cn3ccnc3)CC2)c2cccc(Cl)c2)CC1.O=C(O)C(F)(F)F. The lowest BCUT2D eigenvalue weighted by atomic mass is 9.94. The number of carboxylic acid groups (broad SMARTS) is 1. The van der Waals surface area contributed by atoms with E-state index < -0.39 is 12.1 Å². The largest absolute Gasteiger partial charge is 0.490 e. The van der Waals surface area contributed by atoms with Gasteiger partial charge in [0.1, 0.15) is 0 Å². The van der Waals surface area contributed by atoms with Crippen LogP contribution in [0, 0.1) is 11.8 Å². The van der Waals surface area contributed by atoms with Crippen molar-refractivity contribution in [1.29, 1.82) is 0 Å². The summed E-state index contributed by atoms with van der Waals surface area (Å²) in [5, 5.41) is 7.77. The number of aromatic nitrogens is 2. The van der Waals surface area contributed by atoms with Gasteiger partial charge in [-0.05, 0) is 75.9 Å². The minimum Gasteiger partial charge on any atom is -0.475 e. The van der Waals surface area contributed by atoms with Crippen LogP contribution in [0.2, 0.25) is 5.02 Å². The van der Waals surface area contributed by atoms with E-state index in [1.807, 2.05) is 52.8 Å². The van der Waals surface area contributed by atoms with Crippen molar-refractivity contribution in [2.45, 2.75) is 51.7 Å². The molecule has 0 spiro atoms. The number of alkyl halides is 3. The molecule has 2 saturated heterocycles. The number of rotatable bonds is 8. The third-order valence-electron chi connectivity index (χ3n) is 7.51. The summed E-state index contributed by atoms with van der Waals surface area (Å²) in [5.41, 5.74) is 0.866. The Morgan fingerprint density at radius 2 is 1.76 bits per heavy atom. The lowest BCUT2D eigenvalue weighted by molar-refractivity contribution is -0.192. The fourth-order valence-corrected chi connectivity index (χ4v) is 5.39. The topological polar surface area (TPSA) is 99.0 Å². The molecule has 1 N–H and O–H groups in total. The fraction of sp³-hybridized carbons (Fsp3) is 0.571. The van der Waals surface area contributed by atoms with Crippen LogP contribution in [0.25, 0.3) is 0 Å². The maximum absolute atomic E-state index is 13.5. The summed E-state index contributed by atoms with van der Waals surface area (Å²) < 4.78 is 33.9. The number of hydrogen-bond donors (Lipinski definition) is 1. The van der Waals surface area contributed by atoms with Crippen LogP contribution < -0.4 is 4.90 Å². The van der Waals surface area contributed by atoms with Crippen molar-refractivity contribution in [3.05, 3.63) is 48.0 Å². The van der Waals surface area contributed by atoms with Crippen LogP contribution in [-0.2, 0) is 20.9 Å². The Balaban J connectivity index is 0.000000587. The van der Waals surface area contributed by atoms with E-state index in [4.69, 9.17) is 21.5 Å². The number of carboxylic acids is 1. The number of aliphatic carboxylic acids is 1. The van der Waals surface area contributed by atoms with Crippen molar-refractivity contribution in [2.24, 2.45) is 11.8 Å². The van der Waals surface area contributed by atoms with Crippen molar-refractivity contribution < 1.29 is 32.7 Å². The number of nitrogens with zero attached hydrogens (tertiary/aromatic N) is 5. The molecule has 2 aliphatic heterocycles. The standard InChI is InChI=1S/C26H36ClN5O2.C2HF3O2/c1-21(33)31-15-8-23(9-16-31)26(34)32(25-5-2-4-24(27)18-25)12-3-11-29-13-6-22(7-14-29)19-30-17-10-28-20-30;3-2(4,5)1(6)7/h2,4-5,10,17-18,20,22-23H,3,6-9,11-16,19H2,1H3;(H,6,7). The Kier molecular flexibility index (Phi) is 12.0. The molecule has 0 radical (unpaired) electrons. The molecule has 4 rings (SSSR count). The molecule has 0 saturated carbocycles. The molecule has 226 valence electrons. The molecule has 1 aromatic carbocycles. The minimum absolute atomic E-state index is 0.0477. The lowest BCUT2D eigenvalue weighted by Crippen LogP contribution is -2.45. The zero-order valence-electron chi connectivity index (χ0n) is 23.1. The number of halogens is 4. The molecule has 2 aromatic rings. The number of anilines is 1. The second-order valence-corrected chi connectivity index (χ2v) is 10.9. The van der Waals surface area contributed by atoms with E-state index in [0.717, 1.165) is 51.1 Å². The Labute approximate surface area is 242 Å². The van der Waals surface area contributed by atoms with E-state index in [9.17, 15) is 22.8 Å². The molecule has 3 heterocycles. The Hall–Kier alpha value is -3.12. The van der Waals surface area contributed by atoms with Crippen molar-refractivity contribution in [2.75, 3.05) is 44.2 Å². The van der Waals surface area contributed by atoms with Gasteiger partial charge in [-0.25, -0.2) is 9.78 Å². The van der Waals surface area contributed by atoms with Crippen LogP contribution in [0.4, 0.5) is 18.9 Å². The average Bonchev–Trinajstić information content (AvgIpc) is 3.45. The van der Waals surface area contributed by atoms with E-state index in [1.165, 1.54) is 12.8 Å². The first-order valence-electron chi connectivity index (χ1n) is 13.7. The Morgan fingerprint density at radius 1 is 1.10 bits per heavy atom. The molecule has 1 aromatic heterocycles. The summed E-state index contributed by atoms with van der Waals surface area (Å²) >= 11 is 6.26. The second kappa shape index (κ2) is 15.2. The van der Waals surface area contributed by atoms with Gasteiger partial charge in [-0.2, -0.15) is 13.2 Å². The predicted octanol–water partition coefficient (Wildman–Crippen LogP) is 4.56. The van der Waals surface area contributed by atoms with E-state index in [-0.39, 0.29) is 17.7 Å². The van der Waals surface area contributed by atoms with Crippen LogP contribution in [0.3, 0.4) is 0 Å². The molecular weight excluding hydrogens is 563 g/mol. The summed E-state index contributed by atoms with van der Waals surface area (Å²) in [6.07, 6.45) is 5.47. The number of likely N-dealkylation sites (tertiary alicyclic amines) is 2. The molecule has 13 heteroatoms. The molecule has 0 bridgehead atoms. The highest BCUT2D eigenvalue weighted by Crippen LogP contribution is 2.26. The smallest absolute Gasteiger partial charge is 0.475 e. The molecule has 2 aliphatic rings. The first-order valence-corrected chi connectivity index (χ1v) is 14.1. The molecule has 2 amide bonds. The molecule has 41 heavy (non-hydrogen) atoms. The Morgan fingerprint density at radius 3 is 2.29 bits per heavy atom. The van der Waals surface area contributed by atoms with Crippen molar-refractivity contribution in [1.82, 2.24) is 19.4 Å².